The molecular formula is C33H30F3NO5. The molecule has 0 radical (unpaired) electrons. The fourth-order valence-electron chi connectivity index (χ4n) is 4.55. The lowest BCUT2D eigenvalue weighted by Gasteiger charge is -2.26. The molecule has 0 atom stereocenters. The van der Waals surface area contributed by atoms with E-state index in [0.29, 0.717) is 39.3 Å². The molecule has 0 fully saturated rings. The number of nitrogens with zero attached hydrogens (tertiary/aromatic N) is 1. The summed E-state index contributed by atoms with van der Waals surface area (Å²) in [5.74, 6) is -2.64. The zero-order chi connectivity index (χ0) is 30.7. The number of methoxy groups -OCH3 is 1. The average molecular weight is 578 g/mol. The van der Waals surface area contributed by atoms with E-state index in [1.54, 1.807) is 42.5 Å². The van der Waals surface area contributed by atoms with Crippen LogP contribution in [0.1, 0.15) is 31.9 Å². The maximum Gasteiger partial charge on any atom is 0.573 e. The average Bonchev–Trinajstić information content (AvgIpc) is 2.94. The molecule has 1 N–H and O–H groups in total. The van der Waals surface area contributed by atoms with E-state index in [2.05, 4.69) is 25.5 Å². The summed E-state index contributed by atoms with van der Waals surface area (Å²) in [4.78, 5) is 26.4. The molecule has 42 heavy (non-hydrogen) atoms. The number of benzene rings is 4. The standard InChI is InChI=1S/C33H30F3NO5/c1-32(2,3)24-14-9-21(10-15-24)20-37(30(38)31(39)40)28-19-23(22-11-16-25(17-12-22)42-33(34,35)36)13-18-26(28)27-7-5-6-8-29(27)41-4/h5-19H,20H2,1-4H3,(H,39,40). The van der Waals surface area contributed by atoms with Gasteiger partial charge < -0.3 is 14.6 Å². The predicted octanol–water partition coefficient (Wildman–Crippen LogP) is 7.84. The molecule has 0 aliphatic rings. The number of ether oxygens (including phenoxy) is 2. The highest BCUT2D eigenvalue weighted by atomic mass is 19.4. The summed E-state index contributed by atoms with van der Waals surface area (Å²) in [5, 5.41) is 9.79. The number of rotatable bonds is 7. The van der Waals surface area contributed by atoms with Crippen LogP contribution in [-0.4, -0.2) is 30.5 Å². The van der Waals surface area contributed by atoms with Crippen molar-refractivity contribution in [3.8, 4) is 33.8 Å². The smallest absolute Gasteiger partial charge is 0.496 e. The molecule has 0 spiro atoms. The largest absolute Gasteiger partial charge is 0.573 e. The summed E-state index contributed by atoms with van der Waals surface area (Å²) in [6, 6.07) is 25.1. The number of alkyl halides is 3. The summed E-state index contributed by atoms with van der Waals surface area (Å²) in [5.41, 5.74) is 4.24. The van der Waals surface area contributed by atoms with Gasteiger partial charge in [0.1, 0.15) is 11.5 Å². The maximum absolute atomic E-state index is 13.2. The maximum atomic E-state index is 13.2. The Morgan fingerprint density at radius 3 is 2.00 bits per heavy atom. The number of anilines is 1. The molecular weight excluding hydrogens is 547 g/mol. The minimum atomic E-state index is -4.83. The molecule has 9 heteroatoms. The molecule has 0 unspecified atom stereocenters. The van der Waals surface area contributed by atoms with Gasteiger partial charge in [-0.05, 0) is 51.9 Å². The van der Waals surface area contributed by atoms with E-state index in [1.807, 2.05) is 24.3 Å². The van der Waals surface area contributed by atoms with Gasteiger partial charge in [0.15, 0.2) is 0 Å². The van der Waals surface area contributed by atoms with Crippen molar-refractivity contribution in [2.24, 2.45) is 0 Å². The fraction of sp³-hybridized carbons (Fsp3) is 0.212. The lowest BCUT2D eigenvalue weighted by molar-refractivity contribution is -0.274. The minimum Gasteiger partial charge on any atom is -0.496 e. The van der Waals surface area contributed by atoms with E-state index in [0.717, 1.165) is 5.56 Å². The van der Waals surface area contributed by atoms with Crippen LogP contribution in [0.2, 0.25) is 0 Å². The number of halogens is 3. The molecule has 6 nitrogen and oxygen atoms in total. The first-order valence-corrected chi connectivity index (χ1v) is 13.0. The first-order valence-electron chi connectivity index (χ1n) is 13.0. The van der Waals surface area contributed by atoms with E-state index in [4.69, 9.17) is 4.74 Å². The Bertz CT molecular complexity index is 1570. The first-order chi connectivity index (χ1) is 19.8. The highest BCUT2D eigenvalue weighted by Gasteiger charge is 2.31. The number of amides is 1. The van der Waals surface area contributed by atoms with E-state index in [-0.39, 0.29) is 17.7 Å². The highest BCUT2D eigenvalue weighted by Crippen LogP contribution is 2.40. The van der Waals surface area contributed by atoms with Crippen LogP contribution >= 0.6 is 0 Å². The summed E-state index contributed by atoms with van der Waals surface area (Å²) < 4.78 is 47.5. The molecule has 4 aromatic rings. The Hall–Kier alpha value is -4.79. The molecule has 0 bridgehead atoms. The van der Waals surface area contributed by atoms with Crippen LogP contribution in [0.3, 0.4) is 0 Å². The first kappa shape index (κ1) is 30.2. The Morgan fingerprint density at radius 1 is 0.810 bits per heavy atom. The van der Waals surface area contributed by atoms with Gasteiger partial charge in [-0.3, -0.25) is 9.69 Å². The van der Waals surface area contributed by atoms with Crippen molar-refractivity contribution >= 4 is 17.6 Å². The van der Waals surface area contributed by atoms with Gasteiger partial charge in [-0.15, -0.1) is 13.2 Å². The molecule has 0 saturated carbocycles. The van der Waals surface area contributed by atoms with Crippen molar-refractivity contribution in [3.63, 3.8) is 0 Å². The lowest BCUT2D eigenvalue weighted by Crippen LogP contribution is -2.36. The second kappa shape index (κ2) is 12.0. The van der Waals surface area contributed by atoms with Gasteiger partial charge >= 0.3 is 18.2 Å². The molecule has 4 rings (SSSR count). The van der Waals surface area contributed by atoms with Gasteiger partial charge in [-0.1, -0.05) is 87.5 Å². The van der Waals surface area contributed by atoms with Crippen molar-refractivity contribution in [1.82, 2.24) is 0 Å². The van der Waals surface area contributed by atoms with Gasteiger partial charge in [-0.25, -0.2) is 4.79 Å². The highest BCUT2D eigenvalue weighted by molar-refractivity contribution is 6.37. The van der Waals surface area contributed by atoms with Crippen LogP contribution in [0.15, 0.2) is 91.0 Å². The van der Waals surface area contributed by atoms with Gasteiger partial charge in [0.05, 0.1) is 19.3 Å². The van der Waals surface area contributed by atoms with Crippen LogP contribution in [0, 0.1) is 0 Å². The third kappa shape index (κ3) is 7.09. The molecule has 4 aromatic carbocycles. The second-order valence-electron chi connectivity index (χ2n) is 10.6. The van der Waals surface area contributed by atoms with Crippen molar-refractivity contribution in [2.75, 3.05) is 12.0 Å². The van der Waals surface area contributed by atoms with Crippen molar-refractivity contribution in [1.29, 1.82) is 0 Å². The van der Waals surface area contributed by atoms with Crippen LogP contribution in [-0.2, 0) is 21.5 Å². The zero-order valence-corrected chi connectivity index (χ0v) is 23.5. The second-order valence-corrected chi connectivity index (χ2v) is 10.6. The summed E-state index contributed by atoms with van der Waals surface area (Å²) in [6.07, 6.45) is -4.83. The number of para-hydroxylation sites is 1. The summed E-state index contributed by atoms with van der Waals surface area (Å²) in [6.45, 7) is 6.19. The van der Waals surface area contributed by atoms with Crippen LogP contribution in [0.25, 0.3) is 22.3 Å². The number of hydrogen-bond acceptors (Lipinski definition) is 4. The van der Waals surface area contributed by atoms with Crippen LogP contribution in [0.5, 0.6) is 11.5 Å². The Labute approximate surface area is 241 Å². The van der Waals surface area contributed by atoms with Gasteiger partial charge in [0.25, 0.3) is 0 Å². The van der Waals surface area contributed by atoms with Crippen LogP contribution < -0.4 is 14.4 Å². The summed E-state index contributed by atoms with van der Waals surface area (Å²) >= 11 is 0. The van der Waals surface area contributed by atoms with E-state index in [9.17, 15) is 27.9 Å². The number of carbonyl (C=O) groups is 2. The summed E-state index contributed by atoms with van der Waals surface area (Å²) in [7, 11) is 1.51. The van der Waals surface area contributed by atoms with Crippen molar-refractivity contribution in [3.05, 3.63) is 102 Å². The number of carboxylic acids is 1. The molecule has 218 valence electrons. The number of hydrogen-bond donors (Lipinski definition) is 1. The van der Waals surface area contributed by atoms with Gasteiger partial charge in [-0.2, -0.15) is 0 Å². The number of carboxylic acid groups (broad SMARTS) is 1. The molecule has 0 saturated heterocycles. The molecule has 0 aliphatic carbocycles. The van der Waals surface area contributed by atoms with Crippen molar-refractivity contribution < 1.29 is 37.3 Å². The number of carbonyl (C=O) groups excluding carboxylic acids is 1. The van der Waals surface area contributed by atoms with Crippen LogP contribution in [0.4, 0.5) is 18.9 Å². The molecule has 0 aliphatic heterocycles. The Balaban J connectivity index is 1.86. The topological polar surface area (TPSA) is 76.1 Å². The normalized spacial score (nSPS) is 11.6. The quantitative estimate of drug-likeness (QED) is 0.227. The van der Waals surface area contributed by atoms with E-state index in [1.165, 1.54) is 36.3 Å². The fourth-order valence-corrected chi connectivity index (χ4v) is 4.55. The molecule has 0 heterocycles. The third-order valence-electron chi connectivity index (χ3n) is 6.70. The lowest BCUT2D eigenvalue weighted by atomic mass is 9.86. The monoisotopic (exact) mass is 577 g/mol. The number of aliphatic carboxylic acids is 1. The SMILES string of the molecule is COc1ccccc1-c1ccc(-c2ccc(OC(F)(F)F)cc2)cc1N(Cc1ccc(C(C)(C)C)cc1)C(=O)C(=O)O. The van der Waals surface area contributed by atoms with E-state index >= 15 is 0 Å². The Morgan fingerprint density at radius 2 is 1.43 bits per heavy atom. The predicted molar refractivity (Wildman–Crippen MR) is 155 cm³/mol. The van der Waals surface area contributed by atoms with Gasteiger partial charge in [0, 0.05) is 11.1 Å². The van der Waals surface area contributed by atoms with Gasteiger partial charge in [0.2, 0.25) is 0 Å². The third-order valence-corrected chi connectivity index (χ3v) is 6.70. The molecule has 1 amide bonds. The zero-order valence-electron chi connectivity index (χ0n) is 23.5. The van der Waals surface area contributed by atoms with Crippen molar-refractivity contribution in [2.45, 2.75) is 39.1 Å². The van der Waals surface area contributed by atoms with E-state index < -0.39 is 18.2 Å². The minimum absolute atomic E-state index is 0.0421. The molecule has 0 aromatic heterocycles. The Kier molecular flexibility index (Phi) is 8.61.